The van der Waals surface area contributed by atoms with E-state index in [0.717, 1.165) is 0 Å². The summed E-state index contributed by atoms with van der Waals surface area (Å²) < 4.78 is 5.24. The van der Waals surface area contributed by atoms with Crippen LogP contribution in [0.3, 0.4) is 0 Å². The fourth-order valence-corrected chi connectivity index (χ4v) is 0.781. The van der Waals surface area contributed by atoms with Gasteiger partial charge in [-0.3, -0.25) is 0 Å². The highest BCUT2D eigenvalue weighted by atomic mass is 16.5. The first-order valence-electron chi connectivity index (χ1n) is 3.52. The maximum atomic E-state index is 5.60. The van der Waals surface area contributed by atoms with E-state index in [2.05, 4.69) is 0 Å². The zero-order valence-electron chi connectivity index (χ0n) is 6.29. The predicted octanol–water partition coefficient (Wildman–Crippen LogP) is 0.606. The van der Waals surface area contributed by atoms with Gasteiger partial charge in [0.15, 0.2) is 0 Å². The van der Waals surface area contributed by atoms with Crippen molar-refractivity contribution in [1.82, 2.24) is 0 Å². The Morgan fingerprint density at radius 2 is 2.00 bits per heavy atom. The molecule has 0 saturated carbocycles. The third kappa shape index (κ3) is 2.13. The first kappa shape index (κ1) is 7.88. The van der Waals surface area contributed by atoms with Crippen molar-refractivity contribution in [3.8, 4) is 5.75 Å². The van der Waals surface area contributed by atoms with Crippen molar-refractivity contribution in [3.63, 3.8) is 0 Å². The lowest BCUT2D eigenvalue weighted by molar-refractivity contribution is 0.330. The van der Waals surface area contributed by atoms with Gasteiger partial charge in [0.25, 0.3) is 0 Å². The molecule has 0 atom stereocenters. The molecule has 1 rings (SSSR count). The number of rotatable bonds is 3. The Labute approximate surface area is 66.0 Å². The molecule has 0 saturated heterocycles. The Morgan fingerprint density at radius 1 is 1.27 bits per heavy atom. The molecule has 0 aliphatic rings. The monoisotopic (exact) mass is 152 g/mol. The number of nitrogen functional groups attached to an aromatic ring is 1. The quantitative estimate of drug-likeness (QED) is 0.624. The van der Waals surface area contributed by atoms with Gasteiger partial charge in [-0.05, 0) is 12.1 Å². The van der Waals surface area contributed by atoms with Crippen molar-refractivity contribution < 1.29 is 4.74 Å². The van der Waals surface area contributed by atoms with Gasteiger partial charge >= 0.3 is 0 Å². The Bertz CT molecular complexity index is 225. The lowest BCUT2D eigenvalue weighted by atomic mass is 10.3. The zero-order chi connectivity index (χ0) is 8.10. The maximum Gasteiger partial charge on any atom is 0.142 e. The van der Waals surface area contributed by atoms with Crippen LogP contribution in [0.25, 0.3) is 0 Å². The largest absolute Gasteiger partial charge is 0.490 e. The van der Waals surface area contributed by atoms with Crippen molar-refractivity contribution in [2.45, 2.75) is 0 Å². The number of ether oxygens (including phenoxy) is 1. The van der Waals surface area contributed by atoms with Crippen LogP contribution in [0.1, 0.15) is 0 Å². The van der Waals surface area contributed by atoms with Gasteiger partial charge < -0.3 is 16.2 Å². The molecule has 0 fully saturated rings. The van der Waals surface area contributed by atoms with E-state index >= 15 is 0 Å². The van der Waals surface area contributed by atoms with E-state index in [-0.39, 0.29) is 0 Å². The van der Waals surface area contributed by atoms with Crippen LogP contribution in [0.4, 0.5) is 5.69 Å². The summed E-state index contributed by atoms with van der Waals surface area (Å²) in [6, 6.07) is 7.36. The molecule has 11 heavy (non-hydrogen) atoms. The predicted molar refractivity (Wildman–Crippen MR) is 45.4 cm³/mol. The molecule has 3 heteroatoms. The summed E-state index contributed by atoms with van der Waals surface area (Å²) in [6.07, 6.45) is 0. The second kappa shape index (κ2) is 3.83. The summed E-state index contributed by atoms with van der Waals surface area (Å²) in [6.45, 7) is 1.02. The molecule has 3 nitrogen and oxygen atoms in total. The van der Waals surface area contributed by atoms with Crippen LogP contribution < -0.4 is 16.2 Å². The molecule has 0 amide bonds. The molecule has 0 aliphatic heterocycles. The number of benzene rings is 1. The average molecular weight is 152 g/mol. The van der Waals surface area contributed by atoms with Crippen LogP contribution in [0, 0.1) is 0 Å². The van der Waals surface area contributed by atoms with Crippen LogP contribution >= 0.6 is 0 Å². The standard InChI is InChI=1S/C8H12N2O/c9-5-6-11-8-4-2-1-3-7(8)10/h1-4H,5-6,9-10H2. The fraction of sp³-hybridized carbons (Fsp3) is 0.250. The van der Waals surface area contributed by atoms with Crippen LogP contribution in [0.15, 0.2) is 24.3 Å². The summed E-state index contributed by atoms with van der Waals surface area (Å²) in [7, 11) is 0. The molecule has 0 unspecified atom stereocenters. The summed E-state index contributed by atoms with van der Waals surface area (Å²) >= 11 is 0. The molecule has 0 bridgehead atoms. The molecule has 0 heterocycles. The summed E-state index contributed by atoms with van der Waals surface area (Å²) in [4.78, 5) is 0. The van der Waals surface area contributed by atoms with Gasteiger partial charge in [-0.25, -0.2) is 0 Å². The minimum atomic E-state index is 0.508. The topological polar surface area (TPSA) is 61.3 Å². The van der Waals surface area contributed by atoms with E-state index in [1.165, 1.54) is 0 Å². The van der Waals surface area contributed by atoms with Crippen molar-refractivity contribution >= 4 is 5.69 Å². The van der Waals surface area contributed by atoms with Crippen molar-refractivity contribution in [3.05, 3.63) is 24.3 Å². The SMILES string of the molecule is NCCOc1ccccc1N. The van der Waals surface area contributed by atoms with E-state index in [4.69, 9.17) is 16.2 Å². The van der Waals surface area contributed by atoms with Gasteiger partial charge in [0.05, 0.1) is 5.69 Å². The molecule has 0 spiro atoms. The zero-order valence-corrected chi connectivity index (χ0v) is 6.29. The van der Waals surface area contributed by atoms with Crippen LogP contribution in [-0.4, -0.2) is 13.2 Å². The van der Waals surface area contributed by atoms with Gasteiger partial charge in [0.2, 0.25) is 0 Å². The highest BCUT2D eigenvalue weighted by molar-refractivity contribution is 5.51. The lowest BCUT2D eigenvalue weighted by Crippen LogP contribution is -2.11. The number of hydrogen-bond donors (Lipinski definition) is 2. The molecular formula is C8H12N2O. The van der Waals surface area contributed by atoms with E-state index in [1.807, 2.05) is 18.2 Å². The highest BCUT2D eigenvalue weighted by Crippen LogP contribution is 2.18. The van der Waals surface area contributed by atoms with Gasteiger partial charge in [-0.1, -0.05) is 12.1 Å². The number of anilines is 1. The Hall–Kier alpha value is -1.22. The van der Waals surface area contributed by atoms with E-state index in [9.17, 15) is 0 Å². The highest BCUT2D eigenvalue weighted by Gasteiger charge is 1.95. The summed E-state index contributed by atoms with van der Waals surface area (Å²) in [5.41, 5.74) is 11.5. The average Bonchev–Trinajstić information content (AvgIpc) is 2.03. The summed E-state index contributed by atoms with van der Waals surface area (Å²) in [5.74, 6) is 0.706. The van der Waals surface area contributed by atoms with Gasteiger partial charge in [-0.15, -0.1) is 0 Å². The molecule has 4 N–H and O–H groups in total. The minimum absolute atomic E-state index is 0.508. The third-order valence-corrected chi connectivity index (χ3v) is 1.29. The van der Waals surface area contributed by atoms with Crippen LogP contribution in [0.2, 0.25) is 0 Å². The molecule has 0 aliphatic carbocycles. The third-order valence-electron chi connectivity index (χ3n) is 1.29. The fourth-order valence-electron chi connectivity index (χ4n) is 0.781. The smallest absolute Gasteiger partial charge is 0.142 e. The van der Waals surface area contributed by atoms with Gasteiger partial charge in [-0.2, -0.15) is 0 Å². The lowest BCUT2D eigenvalue weighted by Gasteiger charge is -2.05. The van der Waals surface area contributed by atoms with Crippen molar-refractivity contribution in [1.29, 1.82) is 0 Å². The molecular weight excluding hydrogens is 140 g/mol. The second-order valence-electron chi connectivity index (χ2n) is 2.17. The molecule has 60 valence electrons. The van der Waals surface area contributed by atoms with Crippen LogP contribution in [-0.2, 0) is 0 Å². The molecule has 1 aromatic rings. The summed E-state index contributed by atoms with van der Waals surface area (Å²) in [5, 5.41) is 0. The van der Waals surface area contributed by atoms with Gasteiger partial charge in [0.1, 0.15) is 12.4 Å². The Morgan fingerprint density at radius 3 is 2.64 bits per heavy atom. The Balaban J connectivity index is 2.62. The first-order valence-corrected chi connectivity index (χ1v) is 3.52. The van der Waals surface area contributed by atoms with Crippen LogP contribution in [0.5, 0.6) is 5.75 Å². The van der Waals surface area contributed by atoms with Gasteiger partial charge in [0, 0.05) is 6.54 Å². The number of para-hydroxylation sites is 2. The number of hydrogen-bond acceptors (Lipinski definition) is 3. The van der Waals surface area contributed by atoms with E-state index in [1.54, 1.807) is 6.07 Å². The normalized spacial score (nSPS) is 9.55. The van der Waals surface area contributed by atoms with Crippen molar-refractivity contribution in [2.75, 3.05) is 18.9 Å². The first-order chi connectivity index (χ1) is 5.34. The molecule has 0 aromatic heterocycles. The molecule has 0 radical (unpaired) electrons. The Kier molecular flexibility index (Phi) is 2.74. The van der Waals surface area contributed by atoms with Crippen molar-refractivity contribution in [2.24, 2.45) is 5.73 Å². The van der Waals surface area contributed by atoms with E-state index < -0.39 is 0 Å². The molecule has 1 aromatic carbocycles. The van der Waals surface area contributed by atoms with E-state index in [0.29, 0.717) is 24.6 Å². The minimum Gasteiger partial charge on any atom is -0.490 e. The maximum absolute atomic E-state index is 5.60. The number of nitrogens with two attached hydrogens (primary N) is 2. The second-order valence-corrected chi connectivity index (χ2v) is 2.17.